The fourth-order valence-corrected chi connectivity index (χ4v) is 2.28. The smallest absolute Gasteiger partial charge is 0.265 e. The summed E-state index contributed by atoms with van der Waals surface area (Å²) in [6.45, 7) is -0.0183. The Morgan fingerprint density at radius 3 is 2.81 bits per heavy atom. The zero-order valence-corrected chi connectivity index (χ0v) is 11.6. The number of halogens is 2. The van der Waals surface area contributed by atoms with Crippen molar-refractivity contribution in [2.24, 2.45) is 0 Å². The molecule has 1 heterocycles. The van der Waals surface area contributed by atoms with Gasteiger partial charge >= 0.3 is 0 Å². The van der Waals surface area contributed by atoms with Gasteiger partial charge in [-0.25, -0.2) is 8.78 Å². The zero-order chi connectivity index (χ0) is 15.2. The van der Waals surface area contributed by atoms with Gasteiger partial charge in [0.1, 0.15) is 11.6 Å². The molecule has 0 aliphatic heterocycles. The quantitative estimate of drug-likeness (QED) is 0.856. The van der Waals surface area contributed by atoms with Gasteiger partial charge in [0.2, 0.25) is 0 Å². The fraction of sp³-hybridized carbons (Fsp3) is 0.133. The molecule has 0 aliphatic carbocycles. The first-order chi connectivity index (χ1) is 10.1. The molecule has 0 unspecified atom stereocenters. The van der Waals surface area contributed by atoms with Crippen LogP contribution in [0.5, 0.6) is 0 Å². The van der Waals surface area contributed by atoms with E-state index in [0.717, 1.165) is 23.5 Å². The molecular formula is C15H11F2NO2S. The molecule has 2 rings (SSSR count). The van der Waals surface area contributed by atoms with Gasteiger partial charge in [-0.1, -0.05) is 11.8 Å². The van der Waals surface area contributed by atoms with E-state index in [-0.39, 0.29) is 12.3 Å². The van der Waals surface area contributed by atoms with E-state index >= 15 is 0 Å². The summed E-state index contributed by atoms with van der Waals surface area (Å²) in [6.07, 6.45) is 0.361. The summed E-state index contributed by atoms with van der Waals surface area (Å²) < 4.78 is 26.2. The van der Waals surface area contributed by atoms with Crippen LogP contribution in [0.2, 0.25) is 0 Å². The third kappa shape index (κ3) is 4.12. The Balaban J connectivity index is 2.09. The summed E-state index contributed by atoms with van der Waals surface area (Å²) in [6, 6.07) is 6.18. The van der Waals surface area contributed by atoms with Crippen LogP contribution >= 0.6 is 11.3 Å². The minimum absolute atomic E-state index is 0.0183. The molecule has 0 spiro atoms. The molecule has 1 amide bonds. The molecule has 0 atom stereocenters. The van der Waals surface area contributed by atoms with Gasteiger partial charge < -0.3 is 10.4 Å². The van der Waals surface area contributed by atoms with Crippen molar-refractivity contribution in [2.75, 3.05) is 11.9 Å². The lowest BCUT2D eigenvalue weighted by molar-refractivity contribution is 0.103. The van der Waals surface area contributed by atoms with Crippen LogP contribution in [0.15, 0.2) is 30.3 Å². The molecule has 108 valence electrons. The van der Waals surface area contributed by atoms with Crippen molar-refractivity contribution in [1.82, 2.24) is 0 Å². The number of anilines is 1. The number of carbonyl (C=O) groups is 1. The standard InChI is InChI=1S/C15H11F2NO2S/c16-10-4-6-13(12(17)9-10)18-15(20)14-7-5-11(21-14)3-1-2-8-19/h4-7,9,19H,2,8H2,(H,18,20). The Morgan fingerprint density at radius 2 is 2.10 bits per heavy atom. The Bertz CT molecular complexity index is 716. The van der Waals surface area contributed by atoms with Crippen molar-refractivity contribution >= 4 is 22.9 Å². The van der Waals surface area contributed by atoms with Crippen LogP contribution in [-0.4, -0.2) is 17.6 Å². The van der Waals surface area contributed by atoms with Crippen molar-refractivity contribution in [2.45, 2.75) is 6.42 Å². The van der Waals surface area contributed by atoms with Crippen molar-refractivity contribution in [3.05, 3.63) is 51.7 Å². The van der Waals surface area contributed by atoms with Crippen molar-refractivity contribution < 1.29 is 18.7 Å². The summed E-state index contributed by atoms with van der Waals surface area (Å²) in [4.78, 5) is 13.0. The Labute approximate surface area is 124 Å². The molecule has 3 nitrogen and oxygen atoms in total. The molecule has 1 aromatic heterocycles. The first kappa shape index (κ1) is 15.2. The molecule has 6 heteroatoms. The third-order valence-electron chi connectivity index (χ3n) is 2.46. The predicted octanol–water partition coefficient (Wildman–Crippen LogP) is 3.01. The summed E-state index contributed by atoms with van der Waals surface area (Å²) in [5, 5.41) is 11.0. The highest BCUT2D eigenvalue weighted by atomic mass is 32.1. The molecule has 0 saturated carbocycles. The van der Waals surface area contributed by atoms with E-state index in [2.05, 4.69) is 17.2 Å². The normalized spacial score (nSPS) is 9.86. The van der Waals surface area contributed by atoms with Crippen LogP contribution in [0, 0.1) is 23.5 Å². The molecule has 0 aliphatic rings. The van der Waals surface area contributed by atoms with Gasteiger partial charge in [0.05, 0.1) is 22.0 Å². The van der Waals surface area contributed by atoms with Gasteiger partial charge in [-0.3, -0.25) is 4.79 Å². The van der Waals surface area contributed by atoms with E-state index in [4.69, 9.17) is 5.11 Å². The minimum Gasteiger partial charge on any atom is -0.395 e. The number of thiophene rings is 1. The van der Waals surface area contributed by atoms with E-state index in [9.17, 15) is 13.6 Å². The highest BCUT2D eigenvalue weighted by molar-refractivity contribution is 7.14. The maximum atomic E-state index is 13.4. The fourth-order valence-electron chi connectivity index (χ4n) is 1.51. The van der Waals surface area contributed by atoms with Crippen molar-refractivity contribution in [1.29, 1.82) is 0 Å². The van der Waals surface area contributed by atoms with E-state index in [0.29, 0.717) is 22.2 Å². The molecule has 1 aromatic carbocycles. The first-order valence-corrected chi connectivity index (χ1v) is 6.88. The number of carbonyl (C=O) groups excluding carboxylic acids is 1. The number of aliphatic hydroxyl groups is 1. The van der Waals surface area contributed by atoms with Crippen LogP contribution in [0.1, 0.15) is 21.0 Å². The molecule has 0 radical (unpaired) electrons. The summed E-state index contributed by atoms with van der Waals surface area (Å²) in [7, 11) is 0. The zero-order valence-electron chi connectivity index (χ0n) is 10.8. The third-order valence-corrected chi connectivity index (χ3v) is 3.46. The summed E-state index contributed by atoms with van der Waals surface area (Å²) in [5.41, 5.74) is -0.0808. The largest absolute Gasteiger partial charge is 0.395 e. The average Bonchev–Trinajstić information content (AvgIpc) is 2.91. The lowest BCUT2D eigenvalue weighted by atomic mass is 10.3. The SMILES string of the molecule is O=C(Nc1ccc(F)cc1F)c1ccc(C#CCCO)s1. The minimum atomic E-state index is -0.831. The van der Waals surface area contributed by atoms with Crippen LogP contribution in [0.25, 0.3) is 0 Å². The van der Waals surface area contributed by atoms with E-state index in [1.165, 1.54) is 0 Å². The molecule has 0 fully saturated rings. The molecule has 2 N–H and O–H groups in total. The van der Waals surface area contributed by atoms with Gasteiger partial charge in [-0.05, 0) is 24.3 Å². The van der Waals surface area contributed by atoms with Crippen LogP contribution in [-0.2, 0) is 0 Å². The number of benzene rings is 1. The average molecular weight is 307 g/mol. The second-order valence-corrected chi connectivity index (χ2v) is 5.10. The second kappa shape index (κ2) is 6.97. The van der Waals surface area contributed by atoms with E-state index < -0.39 is 17.5 Å². The van der Waals surface area contributed by atoms with Gasteiger partial charge in [0, 0.05) is 12.5 Å². The topological polar surface area (TPSA) is 49.3 Å². The number of hydrogen-bond acceptors (Lipinski definition) is 3. The van der Waals surface area contributed by atoms with Gasteiger partial charge in [0.15, 0.2) is 0 Å². The van der Waals surface area contributed by atoms with Crippen LogP contribution < -0.4 is 5.32 Å². The lowest BCUT2D eigenvalue weighted by Crippen LogP contribution is -2.11. The highest BCUT2D eigenvalue weighted by Crippen LogP contribution is 2.19. The Kier molecular flexibility index (Phi) is 5.04. The van der Waals surface area contributed by atoms with E-state index in [1.54, 1.807) is 12.1 Å². The monoisotopic (exact) mass is 307 g/mol. The summed E-state index contributed by atoms with van der Waals surface area (Å²) >= 11 is 1.16. The molecule has 0 saturated heterocycles. The predicted molar refractivity (Wildman–Crippen MR) is 77.2 cm³/mol. The van der Waals surface area contributed by atoms with Crippen molar-refractivity contribution in [3.8, 4) is 11.8 Å². The number of amides is 1. The number of rotatable bonds is 3. The number of aliphatic hydroxyl groups excluding tert-OH is 1. The maximum absolute atomic E-state index is 13.4. The lowest BCUT2D eigenvalue weighted by Gasteiger charge is -2.04. The van der Waals surface area contributed by atoms with Crippen LogP contribution in [0.3, 0.4) is 0 Å². The summed E-state index contributed by atoms with van der Waals surface area (Å²) in [5.74, 6) is 3.53. The van der Waals surface area contributed by atoms with E-state index in [1.807, 2.05) is 0 Å². The highest BCUT2D eigenvalue weighted by Gasteiger charge is 2.12. The number of hydrogen-bond donors (Lipinski definition) is 2. The van der Waals surface area contributed by atoms with Crippen LogP contribution in [0.4, 0.5) is 14.5 Å². The molecule has 21 heavy (non-hydrogen) atoms. The Hall–Kier alpha value is -2.23. The Morgan fingerprint density at radius 1 is 1.29 bits per heavy atom. The second-order valence-electron chi connectivity index (χ2n) is 4.02. The molecule has 2 aromatic rings. The van der Waals surface area contributed by atoms with Gasteiger partial charge in [-0.2, -0.15) is 0 Å². The maximum Gasteiger partial charge on any atom is 0.265 e. The van der Waals surface area contributed by atoms with Gasteiger partial charge in [-0.15, -0.1) is 11.3 Å². The van der Waals surface area contributed by atoms with Crippen molar-refractivity contribution in [3.63, 3.8) is 0 Å². The number of nitrogens with one attached hydrogen (secondary N) is 1. The molecular weight excluding hydrogens is 296 g/mol. The van der Waals surface area contributed by atoms with Gasteiger partial charge in [0.25, 0.3) is 5.91 Å². The first-order valence-electron chi connectivity index (χ1n) is 6.06. The molecule has 0 bridgehead atoms.